The molecule has 2 N–H and O–H groups in total. The molecule has 1 fully saturated rings. The summed E-state index contributed by atoms with van der Waals surface area (Å²) in [6, 6.07) is 11.9. The number of ether oxygens (including phenoxy) is 2. The number of rotatable bonds is 6. The van der Waals surface area contributed by atoms with Gasteiger partial charge in [-0.25, -0.2) is 0 Å². The smallest absolute Gasteiger partial charge is 0.313 e. The molecule has 0 radical (unpaired) electrons. The van der Waals surface area contributed by atoms with E-state index in [9.17, 15) is 9.59 Å². The lowest BCUT2D eigenvalue weighted by Crippen LogP contribution is -2.45. The lowest BCUT2D eigenvalue weighted by molar-refractivity contribution is -0.136. The van der Waals surface area contributed by atoms with Crippen LogP contribution in [0.3, 0.4) is 0 Å². The molecule has 1 atom stereocenters. The molecule has 2 heterocycles. The minimum absolute atomic E-state index is 0.0321. The van der Waals surface area contributed by atoms with Crippen LogP contribution in [0.1, 0.15) is 22.7 Å². The summed E-state index contributed by atoms with van der Waals surface area (Å²) < 4.78 is 10.8. The van der Waals surface area contributed by atoms with Gasteiger partial charge in [-0.3, -0.25) is 14.5 Å². The van der Waals surface area contributed by atoms with Crippen LogP contribution < -0.4 is 20.3 Å². The number of hydrogen-bond donors (Lipinski definition) is 2. The number of hydrogen-bond acceptors (Lipinski definition) is 6. The number of aryl methyl sites for hydroxylation is 1. The maximum absolute atomic E-state index is 12.7. The first kappa shape index (κ1) is 23.1. The van der Waals surface area contributed by atoms with E-state index in [0.29, 0.717) is 31.2 Å². The van der Waals surface area contributed by atoms with Crippen molar-refractivity contribution in [1.29, 1.82) is 0 Å². The number of likely N-dealkylation sites (N-methyl/N-ethyl adjacent to an activating group) is 1. The fourth-order valence-corrected chi connectivity index (χ4v) is 4.51. The monoisotopic (exact) mass is 452 g/mol. The Labute approximate surface area is 194 Å². The van der Waals surface area contributed by atoms with E-state index in [1.54, 1.807) is 12.1 Å². The van der Waals surface area contributed by atoms with Crippen molar-refractivity contribution in [2.24, 2.45) is 0 Å². The van der Waals surface area contributed by atoms with Crippen LogP contribution >= 0.6 is 0 Å². The Morgan fingerprint density at radius 2 is 1.88 bits per heavy atom. The molecule has 2 aliphatic rings. The molecule has 2 aliphatic heterocycles. The molecule has 0 spiro atoms. The average molecular weight is 453 g/mol. The van der Waals surface area contributed by atoms with Crippen molar-refractivity contribution >= 4 is 23.2 Å². The van der Waals surface area contributed by atoms with Gasteiger partial charge in [-0.1, -0.05) is 18.2 Å². The molecule has 1 unspecified atom stereocenters. The Hall–Kier alpha value is -3.10. The van der Waals surface area contributed by atoms with Crippen LogP contribution in [0.25, 0.3) is 0 Å². The Morgan fingerprint density at radius 1 is 1.09 bits per heavy atom. The summed E-state index contributed by atoms with van der Waals surface area (Å²) in [4.78, 5) is 29.8. The van der Waals surface area contributed by atoms with Crippen LogP contribution in [0.15, 0.2) is 36.4 Å². The quantitative estimate of drug-likeness (QED) is 0.654. The number of morpholine rings is 1. The van der Waals surface area contributed by atoms with Crippen molar-refractivity contribution in [1.82, 2.24) is 10.2 Å². The van der Waals surface area contributed by atoms with Crippen LogP contribution in [-0.2, 0) is 20.7 Å². The van der Waals surface area contributed by atoms with Gasteiger partial charge in [0, 0.05) is 38.9 Å². The van der Waals surface area contributed by atoms with E-state index < -0.39 is 11.8 Å². The second kappa shape index (κ2) is 10.2. The topological polar surface area (TPSA) is 83.1 Å². The van der Waals surface area contributed by atoms with Gasteiger partial charge in [0.15, 0.2) is 0 Å². The van der Waals surface area contributed by atoms with E-state index in [1.807, 2.05) is 13.0 Å². The molecule has 8 heteroatoms. The lowest BCUT2D eigenvalue weighted by atomic mass is 10.0. The Bertz CT molecular complexity index is 1020. The van der Waals surface area contributed by atoms with Crippen molar-refractivity contribution in [3.05, 3.63) is 53.1 Å². The number of carbonyl (C=O) groups excluding carboxylic acids is 2. The molecule has 2 amide bonds. The third kappa shape index (κ3) is 5.29. The van der Waals surface area contributed by atoms with Crippen molar-refractivity contribution in [3.8, 4) is 5.75 Å². The Morgan fingerprint density at radius 3 is 2.64 bits per heavy atom. The van der Waals surface area contributed by atoms with Crippen molar-refractivity contribution in [3.63, 3.8) is 0 Å². The third-order valence-electron chi connectivity index (χ3n) is 6.37. The number of benzene rings is 2. The second-order valence-electron chi connectivity index (χ2n) is 8.59. The predicted molar refractivity (Wildman–Crippen MR) is 128 cm³/mol. The van der Waals surface area contributed by atoms with Gasteiger partial charge in [-0.15, -0.1) is 0 Å². The molecule has 0 aliphatic carbocycles. The molecule has 1 saturated heterocycles. The molecule has 176 valence electrons. The fourth-order valence-electron chi connectivity index (χ4n) is 4.51. The summed E-state index contributed by atoms with van der Waals surface area (Å²) in [5, 5.41) is 5.51. The zero-order valence-electron chi connectivity index (χ0n) is 19.5. The minimum atomic E-state index is -0.713. The summed E-state index contributed by atoms with van der Waals surface area (Å²) >= 11 is 0. The number of nitrogens with zero attached hydrogens (tertiary/aromatic N) is 2. The van der Waals surface area contributed by atoms with Crippen LogP contribution in [0.5, 0.6) is 5.75 Å². The zero-order valence-corrected chi connectivity index (χ0v) is 19.5. The van der Waals surface area contributed by atoms with Crippen LogP contribution in [0.2, 0.25) is 0 Å². The number of methoxy groups -OCH3 is 1. The van der Waals surface area contributed by atoms with Crippen LogP contribution in [0, 0.1) is 6.92 Å². The van der Waals surface area contributed by atoms with Gasteiger partial charge in [-0.2, -0.15) is 0 Å². The molecule has 2 aromatic carbocycles. The maximum atomic E-state index is 12.7. The van der Waals surface area contributed by atoms with Gasteiger partial charge in [-0.05, 0) is 48.2 Å². The van der Waals surface area contributed by atoms with Crippen molar-refractivity contribution < 1.29 is 19.1 Å². The molecule has 4 rings (SSSR count). The predicted octanol–water partition coefficient (Wildman–Crippen LogP) is 2.12. The first-order valence-corrected chi connectivity index (χ1v) is 11.4. The van der Waals surface area contributed by atoms with Gasteiger partial charge in [0.1, 0.15) is 5.75 Å². The highest BCUT2D eigenvalue weighted by atomic mass is 16.5. The van der Waals surface area contributed by atoms with Gasteiger partial charge in [0.2, 0.25) is 0 Å². The molecule has 0 aromatic heterocycles. The molecular weight excluding hydrogens is 420 g/mol. The van der Waals surface area contributed by atoms with E-state index in [1.165, 1.54) is 18.4 Å². The van der Waals surface area contributed by atoms with Crippen molar-refractivity contribution in [2.75, 3.05) is 63.8 Å². The number of nitrogens with one attached hydrogen (secondary N) is 2. The minimum Gasteiger partial charge on any atom is -0.495 e. The molecule has 0 saturated carbocycles. The first-order valence-electron chi connectivity index (χ1n) is 11.4. The standard InChI is InChI=1S/C25H32N4O4/c1-17-4-7-23(32-3)20(14-17)27-25(31)24(30)26-16-22(29-10-12-33-13-11-29)18-5-6-21-19(15-18)8-9-28(21)2/h4-7,14-15,22H,8-13,16H2,1-3H3,(H,26,30)(H,27,31). The maximum Gasteiger partial charge on any atom is 0.313 e. The number of fused-ring (bicyclic) bond motifs is 1. The number of anilines is 2. The zero-order chi connectivity index (χ0) is 23.4. The SMILES string of the molecule is COc1ccc(C)cc1NC(=O)C(=O)NCC(c1ccc2c(c1)CCN2C)N1CCOCC1. The molecule has 33 heavy (non-hydrogen) atoms. The van der Waals surface area contributed by atoms with Gasteiger partial charge >= 0.3 is 11.8 Å². The highest BCUT2D eigenvalue weighted by Crippen LogP contribution is 2.31. The van der Waals surface area contributed by atoms with Crippen molar-refractivity contribution in [2.45, 2.75) is 19.4 Å². The van der Waals surface area contributed by atoms with E-state index in [0.717, 1.165) is 37.2 Å². The third-order valence-corrected chi connectivity index (χ3v) is 6.37. The average Bonchev–Trinajstić information content (AvgIpc) is 3.20. The molecular formula is C25H32N4O4. The fraction of sp³-hybridized carbons (Fsp3) is 0.440. The molecule has 8 nitrogen and oxygen atoms in total. The Balaban J connectivity index is 1.46. The normalized spacial score (nSPS) is 16.8. The van der Waals surface area contributed by atoms with Crippen LogP contribution in [0.4, 0.5) is 11.4 Å². The summed E-state index contributed by atoms with van der Waals surface area (Å²) in [6.45, 7) is 6.15. The Kier molecular flexibility index (Phi) is 7.15. The second-order valence-corrected chi connectivity index (χ2v) is 8.59. The summed E-state index contributed by atoms with van der Waals surface area (Å²) in [7, 11) is 3.63. The number of carbonyl (C=O) groups is 2. The van der Waals surface area contributed by atoms with Gasteiger partial charge in [0.05, 0.1) is 32.1 Å². The largest absolute Gasteiger partial charge is 0.495 e. The molecule has 0 bridgehead atoms. The first-order chi connectivity index (χ1) is 16.0. The summed E-state index contributed by atoms with van der Waals surface area (Å²) in [5.74, 6) is -0.871. The highest BCUT2D eigenvalue weighted by molar-refractivity contribution is 6.39. The van der Waals surface area contributed by atoms with E-state index in [-0.39, 0.29) is 6.04 Å². The van der Waals surface area contributed by atoms with E-state index in [2.05, 4.69) is 45.7 Å². The van der Waals surface area contributed by atoms with Gasteiger partial charge in [0.25, 0.3) is 0 Å². The van der Waals surface area contributed by atoms with Crippen LogP contribution in [-0.4, -0.2) is 70.3 Å². The summed E-state index contributed by atoms with van der Waals surface area (Å²) in [6.07, 6.45) is 1.02. The number of amides is 2. The van der Waals surface area contributed by atoms with E-state index in [4.69, 9.17) is 9.47 Å². The van der Waals surface area contributed by atoms with Gasteiger partial charge < -0.3 is 25.0 Å². The highest BCUT2D eigenvalue weighted by Gasteiger charge is 2.26. The summed E-state index contributed by atoms with van der Waals surface area (Å²) in [5.41, 5.74) is 5.16. The van der Waals surface area contributed by atoms with E-state index >= 15 is 0 Å². The lowest BCUT2D eigenvalue weighted by Gasteiger charge is -2.35. The molecule has 2 aromatic rings.